The molecule has 0 radical (unpaired) electrons. The monoisotopic (exact) mass is 210 g/mol. The highest BCUT2D eigenvalue weighted by Crippen LogP contribution is 2.38. The van der Waals surface area contributed by atoms with Crippen molar-refractivity contribution in [1.82, 2.24) is 0 Å². The number of aromatic hydroxyl groups is 1. The molecule has 1 aromatic carbocycles. The van der Waals surface area contributed by atoms with Crippen LogP contribution in [0.4, 0.5) is 0 Å². The molecule has 0 aliphatic rings. The van der Waals surface area contributed by atoms with Crippen LogP contribution in [0, 0.1) is 6.92 Å². The fourth-order valence-electron chi connectivity index (χ4n) is 1.43. The molecule has 0 spiro atoms. The second-order valence-electron chi connectivity index (χ2n) is 2.91. The van der Waals surface area contributed by atoms with Gasteiger partial charge in [0.1, 0.15) is 5.75 Å². The Morgan fingerprint density at radius 3 is 2.85 bits per heavy atom. The van der Waals surface area contributed by atoms with Crippen LogP contribution in [-0.4, -0.2) is 11.4 Å². The van der Waals surface area contributed by atoms with Crippen molar-refractivity contribution in [2.75, 3.05) is 6.26 Å². The lowest BCUT2D eigenvalue weighted by Gasteiger charge is -2.01. The van der Waals surface area contributed by atoms with Crippen molar-refractivity contribution in [2.45, 2.75) is 11.8 Å². The first-order chi connectivity index (χ1) is 6.24. The van der Waals surface area contributed by atoms with Gasteiger partial charge < -0.3 is 5.11 Å². The number of thiophene rings is 1. The molecule has 0 saturated heterocycles. The summed E-state index contributed by atoms with van der Waals surface area (Å²) in [6.07, 6.45) is 2.06. The molecule has 0 amide bonds. The molecular formula is C10H10OS2. The third kappa shape index (κ3) is 1.32. The smallest absolute Gasteiger partial charge is 0.134 e. The molecule has 0 aliphatic carbocycles. The van der Waals surface area contributed by atoms with Crippen LogP contribution in [0.2, 0.25) is 0 Å². The molecule has 2 aromatic rings. The molecule has 13 heavy (non-hydrogen) atoms. The maximum Gasteiger partial charge on any atom is 0.134 e. The van der Waals surface area contributed by atoms with Crippen molar-refractivity contribution in [3.8, 4) is 5.75 Å². The zero-order valence-electron chi connectivity index (χ0n) is 7.50. The van der Waals surface area contributed by atoms with Gasteiger partial charge in [-0.3, -0.25) is 0 Å². The topological polar surface area (TPSA) is 20.2 Å². The standard InChI is InChI=1S/C10H10OS2/c1-6-3-4-8(12-2)10-9(6)7(11)5-13-10/h3-5,11H,1-2H3. The summed E-state index contributed by atoms with van der Waals surface area (Å²) in [6, 6.07) is 4.17. The first-order valence-electron chi connectivity index (χ1n) is 3.98. The maximum absolute atomic E-state index is 9.61. The summed E-state index contributed by atoms with van der Waals surface area (Å²) in [4.78, 5) is 1.24. The maximum atomic E-state index is 9.61. The van der Waals surface area contributed by atoms with Crippen LogP contribution in [0.1, 0.15) is 5.56 Å². The van der Waals surface area contributed by atoms with Gasteiger partial charge in [0.15, 0.2) is 0 Å². The van der Waals surface area contributed by atoms with E-state index in [4.69, 9.17) is 0 Å². The van der Waals surface area contributed by atoms with Crippen molar-refractivity contribution in [2.24, 2.45) is 0 Å². The van der Waals surface area contributed by atoms with Crippen LogP contribution in [0.3, 0.4) is 0 Å². The minimum Gasteiger partial charge on any atom is -0.506 e. The third-order valence-electron chi connectivity index (χ3n) is 2.09. The Hall–Kier alpha value is -0.670. The van der Waals surface area contributed by atoms with Crippen molar-refractivity contribution in [3.63, 3.8) is 0 Å². The molecule has 3 heteroatoms. The van der Waals surface area contributed by atoms with E-state index in [0.717, 1.165) is 10.9 Å². The molecule has 0 fully saturated rings. The lowest BCUT2D eigenvalue weighted by atomic mass is 10.1. The summed E-state index contributed by atoms with van der Waals surface area (Å²) in [5, 5.41) is 12.4. The van der Waals surface area contributed by atoms with Gasteiger partial charge in [0.2, 0.25) is 0 Å². The molecule has 0 atom stereocenters. The number of thioether (sulfide) groups is 1. The fraction of sp³-hybridized carbons (Fsp3) is 0.200. The van der Waals surface area contributed by atoms with Crippen LogP contribution < -0.4 is 0 Å². The van der Waals surface area contributed by atoms with E-state index in [0.29, 0.717) is 5.75 Å². The van der Waals surface area contributed by atoms with Crippen LogP contribution >= 0.6 is 23.1 Å². The van der Waals surface area contributed by atoms with E-state index in [2.05, 4.69) is 18.4 Å². The number of rotatable bonds is 1. The predicted molar refractivity (Wildman–Crippen MR) is 60.0 cm³/mol. The molecule has 1 heterocycles. The molecule has 0 saturated carbocycles. The normalized spacial score (nSPS) is 10.9. The van der Waals surface area contributed by atoms with Gasteiger partial charge in [-0.1, -0.05) is 6.07 Å². The number of aryl methyl sites for hydroxylation is 1. The highest BCUT2D eigenvalue weighted by atomic mass is 32.2. The van der Waals surface area contributed by atoms with Crippen LogP contribution in [0.15, 0.2) is 22.4 Å². The summed E-state index contributed by atoms with van der Waals surface area (Å²) in [7, 11) is 0. The Bertz CT molecular complexity index is 445. The van der Waals surface area contributed by atoms with E-state index in [1.165, 1.54) is 9.60 Å². The Morgan fingerprint density at radius 2 is 2.15 bits per heavy atom. The summed E-state index contributed by atoms with van der Waals surface area (Å²) in [6.45, 7) is 2.03. The van der Waals surface area contributed by atoms with Gasteiger partial charge in [0, 0.05) is 15.7 Å². The average molecular weight is 210 g/mol. The Morgan fingerprint density at radius 1 is 1.38 bits per heavy atom. The van der Waals surface area contributed by atoms with E-state index in [-0.39, 0.29) is 0 Å². The van der Waals surface area contributed by atoms with E-state index in [9.17, 15) is 5.11 Å². The van der Waals surface area contributed by atoms with Crippen molar-refractivity contribution in [3.05, 3.63) is 23.1 Å². The van der Waals surface area contributed by atoms with Crippen molar-refractivity contribution in [1.29, 1.82) is 0 Å². The van der Waals surface area contributed by atoms with Crippen LogP contribution in [0.25, 0.3) is 10.1 Å². The van der Waals surface area contributed by atoms with Gasteiger partial charge >= 0.3 is 0 Å². The number of hydrogen-bond donors (Lipinski definition) is 1. The molecule has 0 unspecified atom stereocenters. The Balaban J connectivity index is 2.87. The summed E-state index contributed by atoms with van der Waals surface area (Å²) in [5.74, 6) is 0.411. The molecule has 1 N–H and O–H groups in total. The molecule has 2 rings (SSSR count). The highest BCUT2D eigenvalue weighted by Gasteiger charge is 2.08. The molecule has 68 valence electrons. The van der Waals surface area contributed by atoms with Gasteiger partial charge in [0.25, 0.3) is 0 Å². The zero-order valence-corrected chi connectivity index (χ0v) is 9.13. The lowest BCUT2D eigenvalue weighted by molar-refractivity contribution is 0.483. The number of benzene rings is 1. The molecule has 0 bridgehead atoms. The number of fused-ring (bicyclic) bond motifs is 1. The van der Waals surface area contributed by atoms with Gasteiger partial charge in [0.05, 0.1) is 4.70 Å². The zero-order chi connectivity index (χ0) is 9.42. The van der Waals surface area contributed by atoms with Crippen molar-refractivity contribution >= 4 is 33.2 Å². The third-order valence-corrected chi connectivity index (χ3v) is 4.00. The molecule has 1 aromatic heterocycles. The minimum atomic E-state index is 0.411. The quantitative estimate of drug-likeness (QED) is 0.725. The predicted octanol–water partition coefficient (Wildman–Crippen LogP) is 3.64. The summed E-state index contributed by atoms with van der Waals surface area (Å²) in [5.41, 5.74) is 1.14. The fourth-order valence-corrected chi connectivity index (χ4v) is 3.23. The van der Waals surface area contributed by atoms with Gasteiger partial charge in [-0.2, -0.15) is 0 Å². The first kappa shape index (κ1) is 8.91. The Labute approximate surface area is 85.4 Å². The second-order valence-corrected chi connectivity index (χ2v) is 4.64. The molecular weight excluding hydrogens is 200 g/mol. The van der Waals surface area contributed by atoms with E-state index >= 15 is 0 Å². The van der Waals surface area contributed by atoms with Crippen molar-refractivity contribution < 1.29 is 5.11 Å². The highest BCUT2D eigenvalue weighted by molar-refractivity contribution is 7.99. The first-order valence-corrected chi connectivity index (χ1v) is 6.08. The van der Waals surface area contributed by atoms with Crippen LogP contribution in [-0.2, 0) is 0 Å². The minimum absolute atomic E-state index is 0.411. The lowest BCUT2D eigenvalue weighted by Crippen LogP contribution is -1.76. The van der Waals surface area contributed by atoms with E-state index in [1.54, 1.807) is 28.5 Å². The average Bonchev–Trinajstić information content (AvgIpc) is 2.50. The second kappa shape index (κ2) is 3.24. The van der Waals surface area contributed by atoms with Gasteiger partial charge in [-0.05, 0) is 24.8 Å². The molecule has 0 aliphatic heterocycles. The summed E-state index contributed by atoms with van der Waals surface area (Å²) < 4.78 is 1.20. The SMILES string of the molecule is CSc1ccc(C)c2c(O)csc12. The van der Waals surface area contributed by atoms with E-state index in [1.807, 2.05) is 6.92 Å². The van der Waals surface area contributed by atoms with Gasteiger partial charge in [-0.15, -0.1) is 23.1 Å². The van der Waals surface area contributed by atoms with Crippen LogP contribution in [0.5, 0.6) is 5.75 Å². The summed E-state index contributed by atoms with van der Waals surface area (Å²) >= 11 is 3.33. The Kier molecular flexibility index (Phi) is 2.22. The molecule has 1 nitrogen and oxygen atoms in total. The van der Waals surface area contributed by atoms with E-state index < -0.39 is 0 Å². The number of hydrogen-bond acceptors (Lipinski definition) is 3. The van der Waals surface area contributed by atoms with Gasteiger partial charge in [-0.25, -0.2) is 0 Å². The largest absolute Gasteiger partial charge is 0.506 e.